The molecule has 0 amide bonds. The Labute approximate surface area is 177 Å². The molecule has 0 bridgehead atoms. The Kier molecular flexibility index (Phi) is 4.82. The molecule has 1 aliphatic rings. The Morgan fingerprint density at radius 3 is 2.29 bits per heavy atom. The van der Waals surface area contributed by atoms with Gasteiger partial charge in [-0.2, -0.15) is 5.10 Å². The molecule has 7 nitrogen and oxygen atoms in total. The molecule has 4 aromatic rings. The van der Waals surface area contributed by atoms with Crippen molar-refractivity contribution in [2.45, 2.75) is 31.7 Å². The molecule has 1 fully saturated rings. The van der Waals surface area contributed by atoms with Crippen LogP contribution in [-0.4, -0.2) is 25.5 Å². The molecule has 2 N–H and O–H groups in total. The van der Waals surface area contributed by atoms with Gasteiger partial charge in [-0.1, -0.05) is 0 Å². The number of anilines is 1. The number of nitrogen functional groups attached to an aromatic ring is 1. The standard InChI is InChI=1S/C23H20FN5O2/c24-15-3-11-19(12-4-15)31-18-9-1-14(2-10-18)21-20-22(25)26-13-27-23(20)29(28-21)16-5-7-17(30)8-6-16/h1-4,9-13,16H,5-8H2,(H2,25,26,27). The van der Waals surface area contributed by atoms with E-state index in [-0.39, 0.29) is 11.9 Å². The first-order valence-electron chi connectivity index (χ1n) is 10.1. The van der Waals surface area contributed by atoms with Gasteiger partial charge in [0.2, 0.25) is 0 Å². The fourth-order valence-electron chi connectivity index (χ4n) is 3.94. The van der Waals surface area contributed by atoms with E-state index >= 15 is 0 Å². The zero-order valence-corrected chi connectivity index (χ0v) is 16.7. The lowest BCUT2D eigenvalue weighted by Gasteiger charge is -2.21. The van der Waals surface area contributed by atoms with Crippen LogP contribution >= 0.6 is 0 Å². The van der Waals surface area contributed by atoms with Crippen LogP contribution in [0.1, 0.15) is 31.7 Å². The number of rotatable bonds is 4. The van der Waals surface area contributed by atoms with Crippen molar-refractivity contribution >= 4 is 22.6 Å². The number of nitrogens with two attached hydrogens (primary N) is 1. The summed E-state index contributed by atoms with van der Waals surface area (Å²) in [5.74, 6) is 1.51. The van der Waals surface area contributed by atoms with Gasteiger partial charge in [-0.25, -0.2) is 19.0 Å². The number of aromatic nitrogens is 4. The summed E-state index contributed by atoms with van der Waals surface area (Å²) in [5.41, 5.74) is 8.41. The second kappa shape index (κ2) is 7.79. The number of carbonyl (C=O) groups excluding carboxylic acids is 1. The van der Waals surface area contributed by atoms with Crippen LogP contribution < -0.4 is 10.5 Å². The minimum absolute atomic E-state index is 0.101. The Bertz CT molecular complexity index is 1240. The van der Waals surface area contributed by atoms with E-state index in [9.17, 15) is 9.18 Å². The third kappa shape index (κ3) is 3.72. The molecule has 1 aliphatic carbocycles. The quantitative estimate of drug-likeness (QED) is 0.517. The van der Waals surface area contributed by atoms with E-state index in [2.05, 4.69) is 9.97 Å². The normalized spacial score (nSPS) is 14.8. The van der Waals surface area contributed by atoms with Crippen molar-refractivity contribution in [3.8, 4) is 22.8 Å². The summed E-state index contributed by atoms with van der Waals surface area (Å²) in [5, 5.41) is 5.53. The number of nitrogens with zero attached hydrogens (tertiary/aromatic N) is 4. The zero-order valence-electron chi connectivity index (χ0n) is 16.7. The molecule has 0 radical (unpaired) electrons. The molecule has 31 heavy (non-hydrogen) atoms. The molecule has 0 saturated heterocycles. The molecule has 5 rings (SSSR count). The van der Waals surface area contributed by atoms with Gasteiger partial charge in [-0.05, 0) is 61.4 Å². The van der Waals surface area contributed by atoms with Gasteiger partial charge in [0.15, 0.2) is 5.65 Å². The predicted molar refractivity (Wildman–Crippen MR) is 114 cm³/mol. The summed E-state index contributed by atoms with van der Waals surface area (Å²) < 4.78 is 20.7. The van der Waals surface area contributed by atoms with Crippen LogP contribution in [0.4, 0.5) is 10.2 Å². The molecular formula is C23H20FN5O2. The van der Waals surface area contributed by atoms with Crippen LogP contribution in [0.25, 0.3) is 22.3 Å². The monoisotopic (exact) mass is 417 g/mol. The summed E-state index contributed by atoms with van der Waals surface area (Å²) in [6, 6.07) is 13.4. The fraction of sp³-hybridized carbons (Fsp3) is 0.217. The zero-order chi connectivity index (χ0) is 21.4. The summed E-state index contributed by atoms with van der Waals surface area (Å²) in [7, 11) is 0. The van der Waals surface area contributed by atoms with Crippen LogP contribution in [0.5, 0.6) is 11.5 Å². The van der Waals surface area contributed by atoms with Crippen molar-refractivity contribution in [2.24, 2.45) is 0 Å². The average molecular weight is 417 g/mol. The number of Topliss-reactive ketones (excluding diaryl/α,β-unsaturated/α-hetero) is 1. The highest BCUT2D eigenvalue weighted by molar-refractivity contribution is 5.98. The van der Waals surface area contributed by atoms with Gasteiger partial charge in [-0.3, -0.25) is 4.79 Å². The highest BCUT2D eigenvalue weighted by Gasteiger charge is 2.25. The van der Waals surface area contributed by atoms with Crippen molar-refractivity contribution < 1.29 is 13.9 Å². The second-order valence-electron chi connectivity index (χ2n) is 7.60. The van der Waals surface area contributed by atoms with E-state index < -0.39 is 0 Å². The molecule has 0 spiro atoms. The van der Waals surface area contributed by atoms with Crippen LogP contribution in [0.3, 0.4) is 0 Å². The maximum Gasteiger partial charge on any atom is 0.164 e. The van der Waals surface area contributed by atoms with Gasteiger partial charge in [0.05, 0.1) is 11.4 Å². The third-order valence-electron chi connectivity index (χ3n) is 5.55. The minimum Gasteiger partial charge on any atom is -0.457 e. The summed E-state index contributed by atoms with van der Waals surface area (Å²) in [6.07, 6.45) is 4.02. The van der Waals surface area contributed by atoms with E-state index in [1.807, 2.05) is 28.9 Å². The van der Waals surface area contributed by atoms with Gasteiger partial charge in [0, 0.05) is 18.4 Å². The molecule has 0 atom stereocenters. The summed E-state index contributed by atoms with van der Waals surface area (Å²) >= 11 is 0. The van der Waals surface area contributed by atoms with E-state index in [4.69, 9.17) is 15.6 Å². The molecule has 0 aliphatic heterocycles. The van der Waals surface area contributed by atoms with E-state index in [1.165, 1.54) is 18.5 Å². The molecular weight excluding hydrogens is 397 g/mol. The van der Waals surface area contributed by atoms with Crippen LogP contribution in [0.2, 0.25) is 0 Å². The third-order valence-corrected chi connectivity index (χ3v) is 5.55. The number of halogens is 1. The number of hydrogen-bond acceptors (Lipinski definition) is 6. The maximum absolute atomic E-state index is 13.1. The first-order chi connectivity index (χ1) is 15.1. The summed E-state index contributed by atoms with van der Waals surface area (Å²) in [4.78, 5) is 20.2. The van der Waals surface area contributed by atoms with Gasteiger partial charge < -0.3 is 10.5 Å². The molecule has 2 aromatic carbocycles. The largest absolute Gasteiger partial charge is 0.457 e. The molecule has 8 heteroatoms. The first kappa shape index (κ1) is 19.2. The number of ketones is 1. The molecule has 156 valence electrons. The lowest BCUT2D eigenvalue weighted by Crippen LogP contribution is -2.19. The highest BCUT2D eigenvalue weighted by Crippen LogP contribution is 2.36. The van der Waals surface area contributed by atoms with E-state index in [1.54, 1.807) is 12.1 Å². The molecule has 2 heterocycles. The number of ether oxygens (including phenoxy) is 1. The van der Waals surface area contributed by atoms with Crippen molar-refractivity contribution in [3.63, 3.8) is 0 Å². The Hall–Kier alpha value is -3.81. The first-order valence-corrected chi connectivity index (χ1v) is 10.1. The van der Waals surface area contributed by atoms with Gasteiger partial charge in [0.1, 0.15) is 40.9 Å². The Morgan fingerprint density at radius 2 is 1.61 bits per heavy atom. The van der Waals surface area contributed by atoms with Gasteiger partial charge in [0.25, 0.3) is 0 Å². The number of carbonyl (C=O) groups is 1. The Morgan fingerprint density at radius 1 is 0.968 bits per heavy atom. The van der Waals surface area contributed by atoms with E-state index in [0.29, 0.717) is 52.7 Å². The van der Waals surface area contributed by atoms with Crippen molar-refractivity contribution in [3.05, 3.63) is 60.7 Å². The van der Waals surface area contributed by atoms with Crippen LogP contribution in [-0.2, 0) is 4.79 Å². The average Bonchev–Trinajstić information content (AvgIpc) is 3.17. The van der Waals surface area contributed by atoms with E-state index in [0.717, 1.165) is 18.4 Å². The number of benzene rings is 2. The van der Waals surface area contributed by atoms with Crippen molar-refractivity contribution in [1.82, 2.24) is 19.7 Å². The number of fused-ring (bicyclic) bond motifs is 1. The van der Waals surface area contributed by atoms with Crippen molar-refractivity contribution in [2.75, 3.05) is 5.73 Å². The summed E-state index contributed by atoms with van der Waals surface area (Å²) in [6.45, 7) is 0. The van der Waals surface area contributed by atoms with Crippen molar-refractivity contribution in [1.29, 1.82) is 0 Å². The molecule has 0 unspecified atom stereocenters. The molecule has 2 aromatic heterocycles. The fourth-order valence-corrected chi connectivity index (χ4v) is 3.94. The maximum atomic E-state index is 13.1. The van der Waals surface area contributed by atoms with Gasteiger partial charge in [-0.15, -0.1) is 0 Å². The molecule has 1 saturated carbocycles. The predicted octanol–water partition coefficient (Wildman–Crippen LogP) is 4.69. The lowest BCUT2D eigenvalue weighted by atomic mass is 9.94. The highest BCUT2D eigenvalue weighted by atomic mass is 19.1. The topological polar surface area (TPSA) is 95.9 Å². The SMILES string of the molecule is Nc1ncnc2c1c(-c1ccc(Oc3ccc(F)cc3)cc1)nn2C1CCC(=O)CC1. The number of hydrogen-bond donors (Lipinski definition) is 1. The van der Waals surface area contributed by atoms with Gasteiger partial charge >= 0.3 is 0 Å². The second-order valence-corrected chi connectivity index (χ2v) is 7.60. The van der Waals surface area contributed by atoms with Crippen LogP contribution in [0.15, 0.2) is 54.9 Å². The lowest BCUT2D eigenvalue weighted by molar-refractivity contribution is -0.120. The smallest absolute Gasteiger partial charge is 0.164 e. The minimum atomic E-state index is -0.313. The Balaban J connectivity index is 1.49. The van der Waals surface area contributed by atoms with Crippen LogP contribution in [0, 0.1) is 5.82 Å².